The van der Waals surface area contributed by atoms with Crippen LogP contribution in [0.3, 0.4) is 0 Å². The van der Waals surface area contributed by atoms with Crippen LogP contribution in [0.4, 0.5) is 0 Å². The summed E-state index contributed by atoms with van der Waals surface area (Å²) in [5.74, 6) is -0.125. The fraction of sp³-hybridized carbons (Fsp3) is 0.333. The van der Waals surface area contributed by atoms with E-state index in [0.29, 0.717) is 12.2 Å². The zero-order valence-electron chi connectivity index (χ0n) is 6.00. The van der Waals surface area contributed by atoms with Gasteiger partial charge in [0.15, 0.2) is 0 Å². The molecule has 0 aliphatic rings. The van der Waals surface area contributed by atoms with Crippen LogP contribution >= 0.6 is 0 Å². The number of hydrogen-bond acceptors (Lipinski definition) is 4. The Balaban J connectivity index is 2.92. The number of nitrogens with one attached hydrogen (secondary N) is 1. The van der Waals surface area contributed by atoms with E-state index in [2.05, 4.69) is 5.16 Å². The Kier molecular flexibility index (Phi) is 2.22. The number of carbonyl (C=O) groups is 1. The summed E-state index contributed by atoms with van der Waals surface area (Å²) in [6.45, 7) is 1.83. The highest BCUT2D eigenvalue weighted by molar-refractivity contribution is 5.93. The molecule has 1 amide bonds. The third-order valence-electron chi connectivity index (χ3n) is 1.31. The van der Waals surface area contributed by atoms with Gasteiger partial charge in [0.1, 0.15) is 11.3 Å². The Labute approximate surface area is 63.0 Å². The second-order valence-corrected chi connectivity index (χ2v) is 1.96. The first-order chi connectivity index (χ1) is 5.29. The van der Waals surface area contributed by atoms with Gasteiger partial charge in [-0.3, -0.25) is 10.0 Å². The predicted octanol–water partition coefficient (Wildman–Crippen LogP) is 0.356. The van der Waals surface area contributed by atoms with Crippen LogP contribution in [0.1, 0.15) is 23.0 Å². The van der Waals surface area contributed by atoms with Crippen molar-refractivity contribution in [3.05, 3.63) is 17.5 Å². The SMILES string of the molecule is CCc1oncc1C(=O)NO. The fourth-order valence-corrected chi connectivity index (χ4v) is 0.764. The minimum atomic E-state index is -0.594. The lowest BCUT2D eigenvalue weighted by molar-refractivity contribution is 0.0704. The molecule has 0 atom stereocenters. The molecule has 11 heavy (non-hydrogen) atoms. The van der Waals surface area contributed by atoms with Gasteiger partial charge in [-0.1, -0.05) is 12.1 Å². The summed E-state index contributed by atoms with van der Waals surface area (Å²) >= 11 is 0. The summed E-state index contributed by atoms with van der Waals surface area (Å²) in [7, 11) is 0. The molecule has 2 N–H and O–H groups in total. The standard InChI is InChI=1S/C6H8N2O3/c1-2-5-4(3-7-11-5)6(9)8-10/h3,10H,2H2,1H3,(H,8,9). The van der Waals surface area contributed by atoms with E-state index < -0.39 is 5.91 Å². The third kappa shape index (κ3) is 1.38. The first-order valence-corrected chi connectivity index (χ1v) is 3.17. The quantitative estimate of drug-likeness (QED) is 0.478. The van der Waals surface area contributed by atoms with Gasteiger partial charge in [-0.05, 0) is 0 Å². The molecule has 0 radical (unpaired) electrons. The van der Waals surface area contributed by atoms with Crippen LogP contribution in [0.15, 0.2) is 10.7 Å². The Morgan fingerprint density at radius 1 is 1.91 bits per heavy atom. The molecular formula is C6H8N2O3. The Bertz CT molecular complexity index is 256. The summed E-state index contributed by atoms with van der Waals surface area (Å²) in [6.07, 6.45) is 1.84. The molecule has 1 heterocycles. The van der Waals surface area contributed by atoms with Crippen LogP contribution < -0.4 is 5.48 Å². The Hall–Kier alpha value is -1.36. The minimum Gasteiger partial charge on any atom is -0.361 e. The highest BCUT2D eigenvalue weighted by Crippen LogP contribution is 2.07. The van der Waals surface area contributed by atoms with E-state index in [4.69, 9.17) is 9.73 Å². The van der Waals surface area contributed by atoms with Crippen molar-refractivity contribution in [1.29, 1.82) is 0 Å². The highest BCUT2D eigenvalue weighted by Gasteiger charge is 2.12. The van der Waals surface area contributed by atoms with Crippen molar-refractivity contribution in [3.8, 4) is 0 Å². The molecule has 0 aromatic carbocycles. The number of rotatable bonds is 2. The molecule has 5 heteroatoms. The number of carbonyl (C=O) groups excluding carboxylic acids is 1. The van der Waals surface area contributed by atoms with Crippen molar-refractivity contribution in [3.63, 3.8) is 0 Å². The number of nitrogens with zero attached hydrogens (tertiary/aromatic N) is 1. The average Bonchev–Trinajstić information content (AvgIpc) is 2.50. The first-order valence-electron chi connectivity index (χ1n) is 3.17. The lowest BCUT2D eigenvalue weighted by Gasteiger charge is -1.93. The van der Waals surface area contributed by atoms with Gasteiger partial charge >= 0.3 is 0 Å². The van der Waals surface area contributed by atoms with E-state index in [0.717, 1.165) is 0 Å². The second kappa shape index (κ2) is 3.16. The monoisotopic (exact) mass is 156 g/mol. The van der Waals surface area contributed by atoms with Crippen LogP contribution in [0, 0.1) is 0 Å². The van der Waals surface area contributed by atoms with Gasteiger partial charge in [0.2, 0.25) is 0 Å². The van der Waals surface area contributed by atoms with Crippen LogP contribution in [0.5, 0.6) is 0 Å². The summed E-state index contributed by atoms with van der Waals surface area (Å²) in [6, 6.07) is 0. The van der Waals surface area contributed by atoms with Crippen molar-refractivity contribution in [2.75, 3.05) is 0 Å². The van der Waals surface area contributed by atoms with E-state index in [1.165, 1.54) is 11.7 Å². The molecule has 0 spiro atoms. The number of aromatic nitrogens is 1. The molecule has 0 fully saturated rings. The molecule has 0 unspecified atom stereocenters. The zero-order chi connectivity index (χ0) is 8.27. The molecule has 1 aromatic rings. The van der Waals surface area contributed by atoms with E-state index in [1.54, 1.807) is 0 Å². The lowest BCUT2D eigenvalue weighted by Crippen LogP contribution is -2.19. The average molecular weight is 156 g/mol. The van der Waals surface area contributed by atoms with Crippen LogP contribution in [-0.4, -0.2) is 16.3 Å². The van der Waals surface area contributed by atoms with Gasteiger partial charge in [-0.2, -0.15) is 0 Å². The van der Waals surface area contributed by atoms with Crippen LogP contribution in [0.2, 0.25) is 0 Å². The first kappa shape index (κ1) is 7.74. The number of hydroxylamine groups is 1. The maximum absolute atomic E-state index is 10.8. The predicted molar refractivity (Wildman–Crippen MR) is 35.1 cm³/mol. The van der Waals surface area contributed by atoms with Crippen LogP contribution in [-0.2, 0) is 6.42 Å². The van der Waals surface area contributed by atoms with Gasteiger partial charge in [0, 0.05) is 6.42 Å². The molecule has 5 nitrogen and oxygen atoms in total. The van der Waals surface area contributed by atoms with Crippen LogP contribution in [0.25, 0.3) is 0 Å². The third-order valence-corrected chi connectivity index (χ3v) is 1.31. The van der Waals surface area contributed by atoms with E-state index >= 15 is 0 Å². The van der Waals surface area contributed by atoms with E-state index in [-0.39, 0.29) is 5.56 Å². The van der Waals surface area contributed by atoms with Crippen molar-refractivity contribution >= 4 is 5.91 Å². The largest absolute Gasteiger partial charge is 0.361 e. The topological polar surface area (TPSA) is 75.4 Å². The fourth-order valence-electron chi connectivity index (χ4n) is 0.764. The molecule has 0 saturated carbocycles. The molecule has 1 rings (SSSR count). The maximum atomic E-state index is 10.8. The van der Waals surface area contributed by atoms with Crippen molar-refractivity contribution < 1.29 is 14.5 Å². The van der Waals surface area contributed by atoms with Gasteiger partial charge in [-0.15, -0.1) is 0 Å². The summed E-state index contributed by atoms with van der Waals surface area (Å²) in [5, 5.41) is 11.7. The lowest BCUT2D eigenvalue weighted by atomic mass is 10.2. The second-order valence-electron chi connectivity index (χ2n) is 1.96. The Morgan fingerprint density at radius 2 is 2.64 bits per heavy atom. The molecule has 0 aliphatic heterocycles. The van der Waals surface area contributed by atoms with Gasteiger partial charge in [0.05, 0.1) is 6.20 Å². The highest BCUT2D eigenvalue weighted by atomic mass is 16.5. The number of hydrogen-bond donors (Lipinski definition) is 2. The molecule has 0 saturated heterocycles. The van der Waals surface area contributed by atoms with Crippen molar-refractivity contribution in [2.45, 2.75) is 13.3 Å². The Morgan fingerprint density at radius 3 is 3.18 bits per heavy atom. The van der Waals surface area contributed by atoms with E-state index in [9.17, 15) is 4.79 Å². The summed E-state index contributed by atoms with van der Waals surface area (Å²) < 4.78 is 4.71. The smallest absolute Gasteiger partial charge is 0.279 e. The van der Waals surface area contributed by atoms with Gasteiger partial charge in [0.25, 0.3) is 5.91 Å². The molecule has 60 valence electrons. The number of aryl methyl sites for hydroxylation is 1. The molecule has 0 aliphatic carbocycles. The minimum absolute atomic E-state index is 0.273. The molecule has 0 bridgehead atoms. The van der Waals surface area contributed by atoms with Gasteiger partial charge < -0.3 is 4.52 Å². The molecular weight excluding hydrogens is 148 g/mol. The summed E-state index contributed by atoms with van der Waals surface area (Å²) in [4.78, 5) is 10.8. The van der Waals surface area contributed by atoms with Gasteiger partial charge in [-0.25, -0.2) is 5.48 Å². The normalized spacial score (nSPS) is 9.64. The summed E-state index contributed by atoms with van der Waals surface area (Å²) in [5.41, 5.74) is 1.78. The maximum Gasteiger partial charge on any atom is 0.279 e. The zero-order valence-corrected chi connectivity index (χ0v) is 6.00. The van der Waals surface area contributed by atoms with Crippen molar-refractivity contribution in [2.24, 2.45) is 0 Å². The molecule has 1 aromatic heterocycles. The van der Waals surface area contributed by atoms with E-state index in [1.807, 2.05) is 6.92 Å². The number of amides is 1. The van der Waals surface area contributed by atoms with Crippen molar-refractivity contribution in [1.82, 2.24) is 10.6 Å².